The molecule has 19 heavy (non-hydrogen) atoms. The highest BCUT2D eigenvalue weighted by atomic mass is 16.3. The van der Waals surface area contributed by atoms with Crippen molar-refractivity contribution in [1.82, 2.24) is 5.32 Å². The molecule has 0 saturated heterocycles. The van der Waals surface area contributed by atoms with E-state index < -0.39 is 5.60 Å². The van der Waals surface area contributed by atoms with Crippen molar-refractivity contribution in [2.24, 2.45) is 5.92 Å². The van der Waals surface area contributed by atoms with Crippen LogP contribution in [0, 0.1) is 5.92 Å². The van der Waals surface area contributed by atoms with Crippen LogP contribution in [0.4, 0.5) is 0 Å². The minimum atomic E-state index is -0.860. The topological polar surface area (TPSA) is 52.5 Å². The molecule has 1 saturated carbocycles. The van der Waals surface area contributed by atoms with Crippen molar-refractivity contribution in [3.8, 4) is 0 Å². The fourth-order valence-electron chi connectivity index (χ4n) is 2.83. The van der Waals surface area contributed by atoms with E-state index in [0.717, 1.165) is 31.4 Å². The summed E-state index contributed by atoms with van der Waals surface area (Å²) in [5.74, 6) is 0.334. The lowest BCUT2D eigenvalue weighted by molar-refractivity contribution is 0.0429. The predicted octanol–water partition coefficient (Wildman–Crippen LogP) is 2.03. The van der Waals surface area contributed by atoms with E-state index in [4.69, 9.17) is 0 Å². The number of aliphatic hydroxyl groups is 2. The summed E-state index contributed by atoms with van der Waals surface area (Å²) >= 11 is 0. The van der Waals surface area contributed by atoms with Gasteiger partial charge in [0.2, 0.25) is 0 Å². The molecule has 0 aliphatic heterocycles. The Balaban J connectivity index is 1.81. The molecule has 106 valence electrons. The van der Waals surface area contributed by atoms with Crippen LogP contribution >= 0.6 is 0 Å². The lowest BCUT2D eigenvalue weighted by Gasteiger charge is -2.30. The Hall–Kier alpha value is -0.900. The number of hydrogen-bond acceptors (Lipinski definition) is 3. The second-order valence-electron chi connectivity index (χ2n) is 5.88. The molecular formula is C16H25NO2. The third-order valence-corrected chi connectivity index (χ3v) is 4.14. The second kappa shape index (κ2) is 6.51. The van der Waals surface area contributed by atoms with Gasteiger partial charge in [0, 0.05) is 13.1 Å². The lowest BCUT2D eigenvalue weighted by atomic mass is 9.86. The van der Waals surface area contributed by atoms with Gasteiger partial charge in [0.05, 0.1) is 11.7 Å². The van der Waals surface area contributed by atoms with E-state index in [2.05, 4.69) is 5.32 Å². The van der Waals surface area contributed by atoms with Crippen molar-refractivity contribution in [3.05, 3.63) is 35.9 Å². The van der Waals surface area contributed by atoms with E-state index >= 15 is 0 Å². The molecule has 0 radical (unpaired) electrons. The molecule has 3 nitrogen and oxygen atoms in total. The summed E-state index contributed by atoms with van der Waals surface area (Å²) in [6.07, 6.45) is 4.17. The van der Waals surface area contributed by atoms with Gasteiger partial charge in [-0.3, -0.25) is 0 Å². The Morgan fingerprint density at radius 1 is 1.21 bits per heavy atom. The molecule has 1 fully saturated rings. The zero-order valence-electron chi connectivity index (χ0n) is 11.7. The van der Waals surface area contributed by atoms with Crippen molar-refractivity contribution in [3.63, 3.8) is 0 Å². The minimum Gasteiger partial charge on any atom is -0.393 e. The maximum atomic E-state index is 10.5. The molecule has 3 heteroatoms. The predicted molar refractivity (Wildman–Crippen MR) is 76.8 cm³/mol. The van der Waals surface area contributed by atoms with Crippen LogP contribution in [0.3, 0.4) is 0 Å². The van der Waals surface area contributed by atoms with E-state index in [9.17, 15) is 10.2 Å². The van der Waals surface area contributed by atoms with Gasteiger partial charge in [0.25, 0.3) is 0 Å². The van der Waals surface area contributed by atoms with Crippen molar-refractivity contribution >= 4 is 0 Å². The van der Waals surface area contributed by atoms with Crippen LogP contribution in [0.15, 0.2) is 30.3 Å². The van der Waals surface area contributed by atoms with Gasteiger partial charge in [-0.1, -0.05) is 43.2 Å². The molecule has 3 N–H and O–H groups in total. The zero-order chi connectivity index (χ0) is 13.7. The maximum Gasteiger partial charge on any atom is 0.0992 e. The minimum absolute atomic E-state index is 0.178. The van der Waals surface area contributed by atoms with E-state index in [1.807, 2.05) is 37.3 Å². The van der Waals surface area contributed by atoms with Crippen LogP contribution in [-0.4, -0.2) is 29.4 Å². The number of nitrogens with one attached hydrogen (secondary N) is 1. The van der Waals surface area contributed by atoms with Crippen LogP contribution in [0.25, 0.3) is 0 Å². The first-order valence-electron chi connectivity index (χ1n) is 7.26. The molecular weight excluding hydrogens is 238 g/mol. The van der Waals surface area contributed by atoms with Gasteiger partial charge in [-0.25, -0.2) is 0 Å². The smallest absolute Gasteiger partial charge is 0.0992 e. The summed E-state index contributed by atoms with van der Waals surface area (Å²) in [5, 5.41) is 23.7. The van der Waals surface area contributed by atoms with Crippen LogP contribution < -0.4 is 5.32 Å². The molecule has 0 spiro atoms. The third-order valence-electron chi connectivity index (χ3n) is 4.14. The summed E-state index contributed by atoms with van der Waals surface area (Å²) in [7, 11) is 0. The van der Waals surface area contributed by atoms with Gasteiger partial charge in [-0.15, -0.1) is 0 Å². The van der Waals surface area contributed by atoms with Crippen molar-refractivity contribution < 1.29 is 10.2 Å². The van der Waals surface area contributed by atoms with Crippen molar-refractivity contribution in [2.75, 3.05) is 13.1 Å². The monoisotopic (exact) mass is 263 g/mol. The fraction of sp³-hybridized carbons (Fsp3) is 0.625. The van der Waals surface area contributed by atoms with Crippen LogP contribution in [-0.2, 0) is 5.60 Å². The standard InChI is InChI=1S/C16H25NO2/c1-16(19,14-8-3-2-4-9-14)12-17-11-13-7-5-6-10-15(13)18/h2-4,8-9,13,15,17-19H,5-7,10-12H2,1H3. The van der Waals surface area contributed by atoms with E-state index in [1.165, 1.54) is 6.42 Å². The maximum absolute atomic E-state index is 10.5. The molecule has 0 amide bonds. The molecule has 0 heterocycles. The van der Waals surface area contributed by atoms with E-state index in [0.29, 0.717) is 12.5 Å². The number of aliphatic hydroxyl groups excluding tert-OH is 1. The van der Waals surface area contributed by atoms with E-state index in [-0.39, 0.29) is 6.10 Å². The zero-order valence-corrected chi connectivity index (χ0v) is 11.7. The summed E-state index contributed by atoms with van der Waals surface area (Å²) in [5.41, 5.74) is 0.0626. The Kier molecular flexibility index (Phi) is 4.97. The normalized spacial score (nSPS) is 26.9. The average molecular weight is 263 g/mol. The number of rotatable bonds is 5. The Bertz CT molecular complexity index is 378. The lowest BCUT2D eigenvalue weighted by Crippen LogP contribution is -2.40. The van der Waals surface area contributed by atoms with Gasteiger partial charge >= 0.3 is 0 Å². The summed E-state index contributed by atoms with van der Waals surface area (Å²) in [6, 6.07) is 9.71. The second-order valence-corrected chi connectivity index (χ2v) is 5.88. The van der Waals surface area contributed by atoms with Gasteiger partial charge in [0.1, 0.15) is 0 Å². The van der Waals surface area contributed by atoms with Gasteiger partial charge in [0.15, 0.2) is 0 Å². The summed E-state index contributed by atoms with van der Waals surface area (Å²) in [6.45, 7) is 3.12. The summed E-state index contributed by atoms with van der Waals surface area (Å²) in [4.78, 5) is 0. The van der Waals surface area contributed by atoms with Crippen LogP contribution in [0.2, 0.25) is 0 Å². The Morgan fingerprint density at radius 3 is 2.58 bits per heavy atom. The fourth-order valence-corrected chi connectivity index (χ4v) is 2.83. The summed E-state index contributed by atoms with van der Waals surface area (Å²) < 4.78 is 0. The van der Waals surface area contributed by atoms with Gasteiger partial charge < -0.3 is 15.5 Å². The molecule has 0 bridgehead atoms. The molecule has 1 aliphatic carbocycles. The highest BCUT2D eigenvalue weighted by Crippen LogP contribution is 2.24. The Morgan fingerprint density at radius 2 is 1.89 bits per heavy atom. The van der Waals surface area contributed by atoms with Crippen molar-refractivity contribution in [1.29, 1.82) is 0 Å². The molecule has 3 unspecified atom stereocenters. The molecule has 2 rings (SSSR count). The SMILES string of the molecule is CC(O)(CNCC1CCCCC1O)c1ccccc1. The van der Waals surface area contributed by atoms with Crippen LogP contribution in [0.5, 0.6) is 0 Å². The van der Waals surface area contributed by atoms with Gasteiger partial charge in [-0.05, 0) is 31.2 Å². The van der Waals surface area contributed by atoms with E-state index in [1.54, 1.807) is 0 Å². The molecule has 1 aliphatic rings. The quantitative estimate of drug-likeness (QED) is 0.762. The molecule has 3 atom stereocenters. The largest absolute Gasteiger partial charge is 0.393 e. The Labute approximate surface area is 115 Å². The number of hydrogen-bond donors (Lipinski definition) is 3. The number of benzene rings is 1. The van der Waals surface area contributed by atoms with Gasteiger partial charge in [-0.2, -0.15) is 0 Å². The first kappa shape index (κ1) is 14.5. The van der Waals surface area contributed by atoms with Crippen LogP contribution in [0.1, 0.15) is 38.2 Å². The average Bonchev–Trinajstić information content (AvgIpc) is 2.42. The first-order valence-corrected chi connectivity index (χ1v) is 7.26. The highest BCUT2D eigenvalue weighted by Gasteiger charge is 2.25. The van der Waals surface area contributed by atoms with Crippen molar-refractivity contribution in [2.45, 2.75) is 44.3 Å². The first-order chi connectivity index (χ1) is 9.09. The molecule has 0 aromatic heterocycles. The highest BCUT2D eigenvalue weighted by molar-refractivity contribution is 5.21. The molecule has 1 aromatic carbocycles. The third kappa shape index (κ3) is 4.03. The molecule has 1 aromatic rings.